The summed E-state index contributed by atoms with van der Waals surface area (Å²) in [5, 5.41) is 4.53. The van der Waals surface area contributed by atoms with Crippen LogP contribution in [0.25, 0.3) is 10.9 Å². The number of H-pyrrole nitrogens is 1. The second-order valence-electron chi connectivity index (χ2n) is 6.23. The highest BCUT2D eigenvalue weighted by Crippen LogP contribution is 2.21. The predicted molar refractivity (Wildman–Crippen MR) is 107 cm³/mol. The highest BCUT2D eigenvalue weighted by Gasteiger charge is 2.11. The Kier molecular flexibility index (Phi) is 5.35. The van der Waals surface area contributed by atoms with E-state index in [4.69, 9.17) is 23.2 Å². The number of nitrogens with one attached hydrogen (secondary N) is 2. The smallest absolute Gasteiger partial charge is 0.252 e. The fourth-order valence-electron chi connectivity index (χ4n) is 2.83. The zero-order valence-corrected chi connectivity index (χ0v) is 16.0. The van der Waals surface area contributed by atoms with E-state index in [-0.39, 0.29) is 11.5 Å². The van der Waals surface area contributed by atoms with Gasteiger partial charge in [-0.05, 0) is 61.0 Å². The number of carbonyl (C=O) groups is 1. The molecule has 2 N–H and O–H groups in total. The second kappa shape index (κ2) is 7.52. The minimum absolute atomic E-state index is 0.138. The van der Waals surface area contributed by atoms with E-state index in [2.05, 4.69) is 10.3 Å². The Hall–Kier alpha value is -2.30. The van der Waals surface area contributed by atoms with Crippen molar-refractivity contribution < 1.29 is 4.79 Å². The van der Waals surface area contributed by atoms with Gasteiger partial charge < -0.3 is 10.3 Å². The van der Waals surface area contributed by atoms with Gasteiger partial charge in [0.05, 0.1) is 16.1 Å². The third-order valence-electron chi connectivity index (χ3n) is 4.48. The van der Waals surface area contributed by atoms with Gasteiger partial charge in [-0.25, -0.2) is 0 Å². The lowest BCUT2D eigenvalue weighted by molar-refractivity contribution is 0.0954. The Morgan fingerprint density at radius 1 is 1.12 bits per heavy atom. The number of halogens is 2. The first kappa shape index (κ1) is 18.5. The van der Waals surface area contributed by atoms with Gasteiger partial charge >= 0.3 is 0 Å². The molecular weight excluding hydrogens is 371 g/mol. The number of benzene rings is 2. The van der Waals surface area contributed by atoms with Crippen LogP contribution in [-0.4, -0.2) is 17.4 Å². The van der Waals surface area contributed by atoms with Crippen molar-refractivity contribution in [2.75, 3.05) is 6.54 Å². The Labute approximate surface area is 161 Å². The summed E-state index contributed by atoms with van der Waals surface area (Å²) < 4.78 is 0. The number of hydrogen-bond donors (Lipinski definition) is 2. The summed E-state index contributed by atoms with van der Waals surface area (Å²) in [5.74, 6) is -0.318. The fraction of sp³-hybridized carbons (Fsp3) is 0.200. The summed E-state index contributed by atoms with van der Waals surface area (Å²) in [7, 11) is 0. The molecule has 1 amide bonds. The zero-order valence-electron chi connectivity index (χ0n) is 14.5. The van der Waals surface area contributed by atoms with Crippen molar-refractivity contribution in [1.82, 2.24) is 10.3 Å². The molecule has 3 rings (SSSR count). The largest absolute Gasteiger partial charge is 0.352 e. The summed E-state index contributed by atoms with van der Waals surface area (Å²) in [6.45, 7) is 4.32. The third kappa shape index (κ3) is 3.76. The maximum Gasteiger partial charge on any atom is 0.252 e. The van der Waals surface area contributed by atoms with Crippen LogP contribution in [0.15, 0.2) is 41.2 Å². The maximum atomic E-state index is 12.3. The first-order valence-electron chi connectivity index (χ1n) is 8.22. The van der Waals surface area contributed by atoms with E-state index in [0.29, 0.717) is 34.1 Å². The number of fused-ring (bicyclic) bond motifs is 1. The molecule has 0 aliphatic heterocycles. The van der Waals surface area contributed by atoms with Crippen molar-refractivity contribution in [3.63, 3.8) is 0 Å². The SMILES string of the molecule is Cc1ccc2cc(CCNC(=O)c3cc(Cl)ccc3Cl)c(=O)[nH]c2c1C. The number of aryl methyl sites for hydroxylation is 2. The van der Waals surface area contributed by atoms with Gasteiger partial charge in [-0.3, -0.25) is 9.59 Å². The molecule has 4 nitrogen and oxygen atoms in total. The van der Waals surface area contributed by atoms with Crippen LogP contribution in [0.2, 0.25) is 10.0 Å². The number of pyridine rings is 1. The predicted octanol–water partition coefficient (Wildman–Crippen LogP) is 4.42. The van der Waals surface area contributed by atoms with Gasteiger partial charge in [-0.15, -0.1) is 0 Å². The average Bonchev–Trinajstić information content (AvgIpc) is 2.61. The van der Waals surface area contributed by atoms with Crippen LogP contribution < -0.4 is 10.9 Å². The van der Waals surface area contributed by atoms with E-state index < -0.39 is 0 Å². The minimum atomic E-state index is -0.318. The van der Waals surface area contributed by atoms with E-state index in [0.717, 1.165) is 22.0 Å². The first-order valence-corrected chi connectivity index (χ1v) is 8.98. The molecule has 0 spiro atoms. The lowest BCUT2D eigenvalue weighted by Crippen LogP contribution is -2.27. The number of hydrogen-bond acceptors (Lipinski definition) is 2. The van der Waals surface area contributed by atoms with Gasteiger partial charge in [0, 0.05) is 17.1 Å². The maximum absolute atomic E-state index is 12.3. The molecule has 1 aromatic heterocycles. The normalized spacial score (nSPS) is 10.9. The zero-order chi connectivity index (χ0) is 18.8. The summed E-state index contributed by atoms with van der Waals surface area (Å²) in [6, 6.07) is 10.6. The molecule has 0 atom stereocenters. The molecule has 0 bridgehead atoms. The highest BCUT2D eigenvalue weighted by atomic mass is 35.5. The number of aromatic amines is 1. The molecule has 0 aliphatic rings. The van der Waals surface area contributed by atoms with Crippen LogP contribution in [0.5, 0.6) is 0 Å². The van der Waals surface area contributed by atoms with Crippen LogP contribution in [0.1, 0.15) is 27.0 Å². The van der Waals surface area contributed by atoms with Gasteiger partial charge in [-0.1, -0.05) is 35.3 Å². The van der Waals surface area contributed by atoms with E-state index in [1.807, 2.05) is 32.0 Å². The van der Waals surface area contributed by atoms with Gasteiger partial charge in [0.2, 0.25) is 0 Å². The van der Waals surface area contributed by atoms with Crippen LogP contribution in [0.4, 0.5) is 0 Å². The summed E-state index contributed by atoms with van der Waals surface area (Å²) >= 11 is 11.9. The monoisotopic (exact) mass is 388 g/mol. The van der Waals surface area contributed by atoms with E-state index >= 15 is 0 Å². The van der Waals surface area contributed by atoms with Crippen molar-refractivity contribution in [1.29, 1.82) is 0 Å². The molecule has 1 heterocycles. The molecule has 3 aromatic rings. The molecule has 6 heteroatoms. The summed E-state index contributed by atoms with van der Waals surface area (Å²) in [6.07, 6.45) is 0.419. The Morgan fingerprint density at radius 3 is 2.65 bits per heavy atom. The molecule has 0 saturated carbocycles. The minimum Gasteiger partial charge on any atom is -0.352 e. The topological polar surface area (TPSA) is 62.0 Å². The van der Waals surface area contributed by atoms with Gasteiger partial charge in [-0.2, -0.15) is 0 Å². The molecule has 0 radical (unpaired) electrons. The molecular formula is C20H18Cl2N2O2. The van der Waals surface area contributed by atoms with Crippen molar-refractivity contribution >= 4 is 40.0 Å². The van der Waals surface area contributed by atoms with Crippen molar-refractivity contribution in [2.45, 2.75) is 20.3 Å². The van der Waals surface area contributed by atoms with Crippen LogP contribution in [0, 0.1) is 13.8 Å². The summed E-state index contributed by atoms with van der Waals surface area (Å²) in [5.41, 5.74) is 3.85. The van der Waals surface area contributed by atoms with E-state index in [9.17, 15) is 9.59 Å². The number of amides is 1. The van der Waals surface area contributed by atoms with Gasteiger partial charge in [0.25, 0.3) is 11.5 Å². The number of carbonyl (C=O) groups excluding carboxylic acids is 1. The number of rotatable bonds is 4. The lowest BCUT2D eigenvalue weighted by Gasteiger charge is -2.09. The quantitative estimate of drug-likeness (QED) is 0.694. The third-order valence-corrected chi connectivity index (χ3v) is 5.05. The fourth-order valence-corrected chi connectivity index (χ4v) is 3.21. The standard InChI is InChI=1S/C20H18Cl2N2O2/c1-11-3-4-13-9-14(19(25)24-18(13)12(11)2)7-8-23-20(26)16-10-15(21)5-6-17(16)22/h3-6,9-10H,7-8H2,1-2H3,(H,23,26)(H,24,25). The first-order chi connectivity index (χ1) is 12.4. The lowest BCUT2D eigenvalue weighted by atomic mass is 10.0. The average molecular weight is 389 g/mol. The molecule has 0 unspecified atom stereocenters. The summed E-state index contributed by atoms with van der Waals surface area (Å²) in [4.78, 5) is 27.5. The molecule has 134 valence electrons. The van der Waals surface area contributed by atoms with Crippen molar-refractivity contribution in [2.24, 2.45) is 0 Å². The molecule has 0 saturated heterocycles. The number of aromatic nitrogens is 1. The van der Waals surface area contributed by atoms with E-state index in [1.54, 1.807) is 12.1 Å². The van der Waals surface area contributed by atoms with Gasteiger partial charge in [0.15, 0.2) is 0 Å². The second-order valence-corrected chi connectivity index (χ2v) is 7.07. The van der Waals surface area contributed by atoms with E-state index in [1.165, 1.54) is 6.07 Å². The van der Waals surface area contributed by atoms with Crippen LogP contribution in [0.3, 0.4) is 0 Å². The van der Waals surface area contributed by atoms with Crippen molar-refractivity contribution in [3.8, 4) is 0 Å². The highest BCUT2D eigenvalue weighted by molar-refractivity contribution is 6.35. The molecule has 2 aromatic carbocycles. The molecule has 26 heavy (non-hydrogen) atoms. The Morgan fingerprint density at radius 2 is 1.88 bits per heavy atom. The molecule has 0 aliphatic carbocycles. The van der Waals surface area contributed by atoms with Crippen molar-refractivity contribution in [3.05, 3.63) is 79.1 Å². The Bertz CT molecular complexity index is 1060. The van der Waals surface area contributed by atoms with Gasteiger partial charge in [0.1, 0.15) is 0 Å². The molecule has 0 fully saturated rings. The van der Waals surface area contributed by atoms with Crippen LogP contribution in [-0.2, 0) is 6.42 Å². The Balaban J connectivity index is 1.75. The van der Waals surface area contributed by atoms with Crippen LogP contribution >= 0.6 is 23.2 Å².